The fourth-order valence-electron chi connectivity index (χ4n) is 3.03. The van der Waals surface area contributed by atoms with Crippen molar-refractivity contribution < 1.29 is 14.3 Å². The molecular formula is C18H24N4O3. The summed E-state index contributed by atoms with van der Waals surface area (Å²) < 4.78 is 12.5. The number of para-hydroxylation sites is 2. The van der Waals surface area contributed by atoms with Crippen LogP contribution in [0.25, 0.3) is 0 Å². The second kappa shape index (κ2) is 8.00. The lowest BCUT2D eigenvalue weighted by Gasteiger charge is -2.30. The van der Waals surface area contributed by atoms with Gasteiger partial charge in [-0.1, -0.05) is 24.3 Å². The number of hydrogen-bond donors (Lipinski definition) is 0. The maximum atomic E-state index is 12.4. The summed E-state index contributed by atoms with van der Waals surface area (Å²) in [7, 11) is 1.60. The van der Waals surface area contributed by atoms with Crippen LogP contribution in [0.3, 0.4) is 0 Å². The van der Waals surface area contributed by atoms with Gasteiger partial charge in [0, 0.05) is 13.1 Å². The Hall–Kier alpha value is -2.57. The summed E-state index contributed by atoms with van der Waals surface area (Å²) >= 11 is 0. The number of hydrogen-bond acceptors (Lipinski definition) is 5. The zero-order chi connectivity index (χ0) is 17.6. The van der Waals surface area contributed by atoms with Gasteiger partial charge in [0.25, 0.3) is 0 Å². The molecule has 0 aliphatic carbocycles. The number of amides is 1. The Kier molecular flexibility index (Phi) is 5.53. The van der Waals surface area contributed by atoms with Crippen LogP contribution in [0.1, 0.15) is 25.5 Å². The van der Waals surface area contributed by atoms with Crippen LogP contribution in [0.5, 0.6) is 11.5 Å². The van der Waals surface area contributed by atoms with E-state index in [2.05, 4.69) is 17.2 Å². The molecule has 1 aliphatic rings. The first kappa shape index (κ1) is 17.3. The van der Waals surface area contributed by atoms with E-state index in [1.165, 1.54) is 6.42 Å². The van der Waals surface area contributed by atoms with E-state index in [1.54, 1.807) is 18.0 Å². The highest BCUT2D eigenvalue weighted by atomic mass is 16.5. The molecule has 1 fully saturated rings. The van der Waals surface area contributed by atoms with Gasteiger partial charge in [-0.25, -0.2) is 4.68 Å². The molecule has 0 N–H and O–H groups in total. The molecule has 0 bridgehead atoms. The molecule has 1 aliphatic heterocycles. The molecule has 3 rings (SSSR count). The molecule has 134 valence electrons. The van der Waals surface area contributed by atoms with Crippen molar-refractivity contribution in [2.45, 2.75) is 32.9 Å². The number of carbonyl (C=O) groups excluding carboxylic acids is 1. The predicted molar refractivity (Wildman–Crippen MR) is 92.3 cm³/mol. The minimum Gasteiger partial charge on any atom is -0.493 e. The molecule has 1 aromatic heterocycles. The summed E-state index contributed by atoms with van der Waals surface area (Å²) in [5, 5.41) is 8.11. The van der Waals surface area contributed by atoms with E-state index in [4.69, 9.17) is 9.47 Å². The molecule has 2 heterocycles. The highest BCUT2D eigenvalue weighted by Gasteiger charge is 2.21. The van der Waals surface area contributed by atoms with Crippen molar-refractivity contribution >= 4 is 5.91 Å². The highest BCUT2D eigenvalue weighted by Crippen LogP contribution is 2.26. The third-order valence-corrected chi connectivity index (χ3v) is 4.34. The number of nitrogens with zero attached hydrogens (tertiary/aromatic N) is 4. The first-order valence-electron chi connectivity index (χ1n) is 8.58. The minimum absolute atomic E-state index is 0.0913. The lowest BCUT2D eigenvalue weighted by atomic mass is 10.0. The number of benzene rings is 1. The summed E-state index contributed by atoms with van der Waals surface area (Å²) in [5.74, 6) is 1.98. The molecule has 0 unspecified atom stereocenters. The number of likely N-dealkylation sites (tertiary alicyclic amines) is 1. The first-order chi connectivity index (χ1) is 12.2. The Morgan fingerprint density at radius 2 is 2.12 bits per heavy atom. The Morgan fingerprint density at radius 3 is 2.88 bits per heavy atom. The maximum absolute atomic E-state index is 12.4. The highest BCUT2D eigenvalue weighted by molar-refractivity contribution is 5.76. The van der Waals surface area contributed by atoms with Gasteiger partial charge in [0.1, 0.15) is 18.8 Å². The molecule has 1 amide bonds. The fourth-order valence-corrected chi connectivity index (χ4v) is 3.03. The number of ether oxygens (including phenoxy) is 2. The van der Waals surface area contributed by atoms with Gasteiger partial charge in [-0.3, -0.25) is 4.79 Å². The smallest absolute Gasteiger partial charge is 0.244 e. The molecule has 0 radical (unpaired) electrons. The van der Waals surface area contributed by atoms with Crippen LogP contribution in [0.15, 0.2) is 30.5 Å². The van der Waals surface area contributed by atoms with E-state index in [-0.39, 0.29) is 19.1 Å². The SMILES string of the molecule is COc1ccccc1OCc1cn(CC(=O)N2CCC[C@H](C)C2)nn1. The molecular weight excluding hydrogens is 320 g/mol. The molecule has 7 nitrogen and oxygen atoms in total. The first-order valence-corrected chi connectivity index (χ1v) is 8.58. The topological polar surface area (TPSA) is 69.5 Å². The minimum atomic E-state index is 0.0913. The van der Waals surface area contributed by atoms with Gasteiger partial charge in [-0.05, 0) is 30.9 Å². The number of piperidine rings is 1. The van der Waals surface area contributed by atoms with E-state index in [1.807, 2.05) is 29.2 Å². The number of methoxy groups -OCH3 is 1. The van der Waals surface area contributed by atoms with Crippen molar-refractivity contribution in [1.82, 2.24) is 19.9 Å². The molecule has 7 heteroatoms. The number of aromatic nitrogens is 3. The molecule has 0 spiro atoms. The average molecular weight is 344 g/mol. The van der Waals surface area contributed by atoms with Gasteiger partial charge in [-0.15, -0.1) is 5.10 Å². The van der Waals surface area contributed by atoms with E-state index < -0.39 is 0 Å². The van der Waals surface area contributed by atoms with Gasteiger partial charge in [0.05, 0.1) is 13.3 Å². The maximum Gasteiger partial charge on any atom is 0.244 e. The fraction of sp³-hybridized carbons (Fsp3) is 0.500. The largest absolute Gasteiger partial charge is 0.493 e. The third-order valence-electron chi connectivity index (χ3n) is 4.34. The normalized spacial score (nSPS) is 17.4. The third kappa shape index (κ3) is 4.49. The quantitative estimate of drug-likeness (QED) is 0.803. The van der Waals surface area contributed by atoms with Crippen LogP contribution in [-0.4, -0.2) is 46.0 Å². The van der Waals surface area contributed by atoms with Gasteiger partial charge in [-0.2, -0.15) is 0 Å². The standard InChI is InChI=1S/C18H24N4O3/c1-14-6-5-9-21(10-14)18(23)12-22-11-15(19-20-22)13-25-17-8-4-3-7-16(17)24-2/h3-4,7-8,11,14H,5-6,9-10,12-13H2,1-2H3/t14-/m0/s1. The molecule has 0 saturated carbocycles. The van der Waals surface area contributed by atoms with Crippen LogP contribution in [0.4, 0.5) is 0 Å². The Balaban J connectivity index is 1.54. The molecule has 25 heavy (non-hydrogen) atoms. The van der Waals surface area contributed by atoms with Crippen molar-refractivity contribution in [2.75, 3.05) is 20.2 Å². The van der Waals surface area contributed by atoms with E-state index in [0.29, 0.717) is 23.1 Å². The van der Waals surface area contributed by atoms with Crippen LogP contribution >= 0.6 is 0 Å². The summed E-state index contributed by atoms with van der Waals surface area (Å²) in [5.41, 5.74) is 0.672. The van der Waals surface area contributed by atoms with Crippen molar-refractivity contribution in [3.05, 3.63) is 36.2 Å². The van der Waals surface area contributed by atoms with E-state index >= 15 is 0 Å². The van der Waals surface area contributed by atoms with Crippen molar-refractivity contribution in [3.8, 4) is 11.5 Å². The van der Waals surface area contributed by atoms with E-state index in [0.717, 1.165) is 19.5 Å². The van der Waals surface area contributed by atoms with Crippen molar-refractivity contribution in [2.24, 2.45) is 5.92 Å². The lowest BCUT2D eigenvalue weighted by molar-refractivity contribution is -0.133. The van der Waals surface area contributed by atoms with Crippen LogP contribution in [0, 0.1) is 5.92 Å². The average Bonchev–Trinajstić information content (AvgIpc) is 3.07. The Labute approximate surface area is 147 Å². The zero-order valence-electron chi connectivity index (χ0n) is 14.7. The van der Waals surface area contributed by atoms with Gasteiger partial charge in [0.2, 0.25) is 5.91 Å². The van der Waals surface area contributed by atoms with Gasteiger partial charge < -0.3 is 14.4 Å². The second-order valence-electron chi connectivity index (χ2n) is 6.43. The van der Waals surface area contributed by atoms with Crippen LogP contribution in [0.2, 0.25) is 0 Å². The zero-order valence-corrected chi connectivity index (χ0v) is 14.7. The second-order valence-corrected chi connectivity index (χ2v) is 6.43. The van der Waals surface area contributed by atoms with Gasteiger partial charge >= 0.3 is 0 Å². The molecule has 1 aromatic carbocycles. The summed E-state index contributed by atoms with van der Waals surface area (Å²) in [6.07, 6.45) is 4.01. The summed E-state index contributed by atoms with van der Waals surface area (Å²) in [6.45, 7) is 4.34. The molecule has 1 saturated heterocycles. The number of rotatable bonds is 6. The summed E-state index contributed by atoms with van der Waals surface area (Å²) in [4.78, 5) is 14.3. The Morgan fingerprint density at radius 1 is 1.32 bits per heavy atom. The predicted octanol–water partition coefficient (Wildman–Crippen LogP) is 2.12. The monoisotopic (exact) mass is 344 g/mol. The van der Waals surface area contributed by atoms with E-state index in [9.17, 15) is 4.79 Å². The van der Waals surface area contributed by atoms with Crippen molar-refractivity contribution in [3.63, 3.8) is 0 Å². The molecule has 2 aromatic rings. The summed E-state index contributed by atoms with van der Waals surface area (Å²) in [6, 6.07) is 7.44. The van der Waals surface area contributed by atoms with Crippen LogP contribution in [-0.2, 0) is 17.9 Å². The van der Waals surface area contributed by atoms with Crippen molar-refractivity contribution in [1.29, 1.82) is 0 Å². The number of carbonyl (C=O) groups is 1. The molecule has 1 atom stereocenters. The van der Waals surface area contributed by atoms with Crippen LogP contribution < -0.4 is 9.47 Å². The van der Waals surface area contributed by atoms with Gasteiger partial charge in [0.15, 0.2) is 11.5 Å². The Bertz CT molecular complexity index is 716. The lowest BCUT2D eigenvalue weighted by Crippen LogP contribution is -2.40.